The maximum absolute atomic E-state index is 6.22. The van der Waals surface area contributed by atoms with Crippen LogP contribution in [0.1, 0.15) is 19.4 Å². The predicted octanol–water partition coefficient (Wildman–Crippen LogP) is 3.05. The molecule has 2 N–H and O–H groups in total. The molecule has 0 aliphatic heterocycles. The summed E-state index contributed by atoms with van der Waals surface area (Å²) in [5.41, 5.74) is 2.32. The van der Waals surface area contributed by atoms with Gasteiger partial charge in [-0.3, -0.25) is 0 Å². The molecule has 23 heavy (non-hydrogen) atoms. The van der Waals surface area contributed by atoms with Crippen molar-refractivity contribution in [2.75, 3.05) is 11.9 Å². The second-order valence-corrected chi connectivity index (χ2v) is 5.92. The van der Waals surface area contributed by atoms with E-state index in [9.17, 15) is 0 Å². The molecule has 0 bridgehead atoms. The van der Waals surface area contributed by atoms with Gasteiger partial charge in [0.2, 0.25) is 5.88 Å². The number of rotatable bonds is 6. The van der Waals surface area contributed by atoms with Crippen molar-refractivity contribution in [1.82, 2.24) is 24.9 Å². The van der Waals surface area contributed by atoms with Gasteiger partial charge in [-0.2, -0.15) is 0 Å². The van der Waals surface area contributed by atoms with Crippen LogP contribution in [0.15, 0.2) is 24.9 Å². The van der Waals surface area contributed by atoms with Crippen LogP contribution < -0.4 is 10.1 Å². The Balaban J connectivity index is 1.69. The molecule has 8 heteroatoms. The molecule has 0 saturated heterocycles. The lowest BCUT2D eigenvalue weighted by molar-refractivity contribution is 0.261. The van der Waals surface area contributed by atoms with Crippen LogP contribution in [-0.2, 0) is 6.54 Å². The van der Waals surface area contributed by atoms with Gasteiger partial charge >= 0.3 is 0 Å². The molecule has 0 aliphatic rings. The van der Waals surface area contributed by atoms with Gasteiger partial charge in [0.25, 0.3) is 0 Å². The summed E-state index contributed by atoms with van der Waals surface area (Å²) in [6.45, 7) is 5.26. The number of ether oxygens (including phenoxy) is 1. The fourth-order valence-corrected chi connectivity index (χ4v) is 2.24. The topological polar surface area (TPSA) is 88.6 Å². The molecule has 3 rings (SSSR count). The van der Waals surface area contributed by atoms with Crippen molar-refractivity contribution in [2.24, 2.45) is 5.92 Å². The van der Waals surface area contributed by atoms with Gasteiger partial charge in [0.15, 0.2) is 11.5 Å². The number of imidazole rings is 1. The smallest absolute Gasteiger partial charge is 0.232 e. The lowest BCUT2D eigenvalue weighted by Gasteiger charge is -2.11. The van der Waals surface area contributed by atoms with Crippen LogP contribution in [0, 0.1) is 5.92 Å². The number of hydrogen-bond acceptors (Lipinski definition) is 6. The van der Waals surface area contributed by atoms with Crippen molar-refractivity contribution in [3.8, 4) is 5.88 Å². The molecule has 0 aliphatic carbocycles. The van der Waals surface area contributed by atoms with Crippen LogP contribution in [0.2, 0.25) is 5.02 Å². The largest absolute Gasteiger partial charge is 0.476 e. The predicted molar refractivity (Wildman–Crippen MR) is 88.6 cm³/mol. The molecule has 0 aromatic carbocycles. The van der Waals surface area contributed by atoms with Gasteiger partial charge in [-0.1, -0.05) is 25.4 Å². The highest BCUT2D eigenvalue weighted by Crippen LogP contribution is 2.23. The van der Waals surface area contributed by atoms with E-state index in [2.05, 4.69) is 44.1 Å². The van der Waals surface area contributed by atoms with Gasteiger partial charge in [-0.25, -0.2) is 19.9 Å². The van der Waals surface area contributed by atoms with Crippen molar-refractivity contribution >= 4 is 28.6 Å². The van der Waals surface area contributed by atoms with Crippen molar-refractivity contribution < 1.29 is 4.74 Å². The average Bonchev–Trinajstić information content (AvgIpc) is 3.01. The molecular formula is C15H17ClN6O. The molecule has 3 heterocycles. The van der Waals surface area contributed by atoms with E-state index in [1.165, 1.54) is 6.33 Å². The molecule has 0 amide bonds. The summed E-state index contributed by atoms with van der Waals surface area (Å²) in [6.07, 6.45) is 4.79. The zero-order valence-corrected chi connectivity index (χ0v) is 13.6. The van der Waals surface area contributed by atoms with E-state index < -0.39 is 0 Å². The fourth-order valence-electron chi connectivity index (χ4n) is 2.00. The first-order valence-corrected chi connectivity index (χ1v) is 7.66. The number of nitrogens with one attached hydrogen (secondary N) is 2. The number of hydrogen-bond donors (Lipinski definition) is 2. The van der Waals surface area contributed by atoms with Crippen LogP contribution >= 0.6 is 11.6 Å². The number of anilines is 1. The Kier molecular flexibility index (Phi) is 4.57. The van der Waals surface area contributed by atoms with E-state index >= 15 is 0 Å². The molecule has 0 spiro atoms. The van der Waals surface area contributed by atoms with Crippen LogP contribution in [0.4, 0.5) is 5.82 Å². The van der Waals surface area contributed by atoms with Crippen LogP contribution in [0.25, 0.3) is 11.2 Å². The van der Waals surface area contributed by atoms with E-state index in [4.69, 9.17) is 16.3 Å². The molecular weight excluding hydrogens is 316 g/mol. The third kappa shape index (κ3) is 3.68. The third-order valence-electron chi connectivity index (χ3n) is 3.10. The van der Waals surface area contributed by atoms with Gasteiger partial charge in [0.05, 0.1) is 12.9 Å². The Hall–Kier alpha value is -2.41. The lowest BCUT2D eigenvalue weighted by atomic mass is 10.2. The Bertz CT molecular complexity index is 804. The van der Waals surface area contributed by atoms with Crippen molar-refractivity contribution in [1.29, 1.82) is 0 Å². The van der Waals surface area contributed by atoms with Crippen molar-refractivity contribution in [3.05, 3.63) is 35.5 Å². The quantitative estimate of drug-likeness (QED) is 0.721. The molecule has 3 aromatic heterocycles. The number of H-pyrrole nitrogens is 1. The lowest BCUT2D eigenvalue weighted by Crippen LogP contribution is -2.07. The molecule has 0 radical (unpaired) electrons. The highest BCUT2D eigenvalue weighted by Gasteiger charge is 2.08. The van der Waals surface area contributed by atoms with Crippen LogP contribution in [-0.4, -0.2) is 31.5 Å². The van der Waals surface area contributed by atoms with E-state index in [1.807, 2.05) is 6.07 Å². The minimum atomic E-state index is 0.420. The van der Waals surface area contributed by atoms with E-state index in [0.29, 0.717) is 41.4 Å². The van der Waals surface area contributed by atoms with E-state index in [0.717, 1.165) is 11.1 Å². The summed E-state index contributed by atoms with van der Waals surface area (Å²) in [5.74, 6) is 1.56. The maximum atomic E-state index is 6.22. The molecule has 3 aromatic rings. The first-order chi connectivity index (χ1) is 11.1. The van der Waals surface area contributed by atoms with Crippen molar-refractivity contribution in [2.45, 2.75) is 20.4 Å². The third-order valence-corrected chi connectivity index (χ3v) is 3.37. The zero-order valence-electron chi connectivity index (χ0n) is 12.9. The zero-order chi connectivity index (χ0) is 16.2. The van der Waals surface area contributed by atoms with Crippen molar-refractivity contribution in [3.63, 3.8) is 0 Å². The van der Waals surface area contributed by atoms with E-state index in [-0.39, 0.29) is 0 Å². The van der Waals surface area contributed by atoms with Gasteiger partial charge in [-0.05, 0) is 17.5 Å². The van der Waals surface area contributed by atoms with Gasteiger partial charge in [-0.15, -0.1) is 0 Å². The molecule has 0 saturated carbocycles. The summed E-state index contributed by atoms with van der Waals surface area (Å²) in [5, 5.41) is 3.72. The number of fused-ring (bicyclic) bond motifs is 1. The van der Waals surface area contributed by atoms with Crippen LogP contribution in [0.5, 0.6) is 5.88 Å². The molecule has 0 fully saturated rings. The monoisotopic (exact) mass is 332 g/mol. The Morgan fingerprint density at radius 2 is 2.13 bits per heavy atom. The number of halogens is 1. The summed E-state index contributed by atoms with van der Waals surface area (Å²) in [7, 11) is 0. The van der Waals surface area contributed by atoms with Gasteiger partial charge in [0.1, 0.15) is 16.9 Å². The molecule has 7 nitrogen and oxygen atoms in total. The number of aromatic amines is 1. The highest BCUT2D eigenvalue weighted by molar-refractivity contribution is 6.31. The number of nitrogens with zero attached hydrogens (tertiary/aromatic N) is 4. The van der Waals surface area contributed by atoms with Gasteiger partial charge < -0.3 is 15.0 Å². The number of aromatic nitrogens is 5. The molecule has 120 valence electrons. The summed E-state index contributed by atoms with van der Waals surface area (Å²) in [6, 6.07) is 1.84. The first kappa shape index (κ1) is 15.5. The highest BCUT2D eigenvalue weighted by atomic mass is 35.5. The maximum Gasteiger partial charge on any atom is 0.232 e. The standard InChI is InChI=1S/C15H17ClN6O/c1-9(2)6-23-15-11(16)3-10(5-18-15)4-17-13-12-14(20-7-19-12)22-8-21-13/h3,5,7-9H,4,6H2,1-2H3,(H2,17,19,20,21,22). The molecule has 0 unspecified atom stereocenters. The Labute approximate surface area is 138 Å². The SMILES string of the molecule is CC(C)COc1ncc(CNc2ncnc3nc[nH]c23)cc1Cl. The van der Waals surface area contributed by atoms with Gasteiger partial charge in [0, 0.05) is 12.7 Å². The fraction of sp³-hybridized carbons (Fsp3) is 0.333. The summed E-state index contributed by atoms with van der Waals surface area (Å²) < 4.78 is 5.57. The Morgan fingerprint density at radius 3 is 2.91 bits per heavy atom. The second kappa shape index (κ2) is 6.78. The summed E-state index contributed by atoms with van der Waals surface area (Å²) >= 11 is 6.22. The normalized spacial score (nSPS) is 11.1. The second-order valence-electron chi connectivity index (χ2n) is 5.51. The Morgan fingerprint density at radius 1 is 1.26 bits per heavy atom. The molecule has 0 atom stereocenters. The van der Waals surface area contributed by atoms with E-state index in [1.54, 1.807) is 12.5 Å². The minimum Gasteiger partial charge on any atom is -0.476 e. The van der Waals surface area contributed by atoms with Crippen LogP contribution in [0.3, 0.4) is 0 Å². The average molecular weight is 333 g/mol. The first-order valence-electron chi connectivity index (χ1n) is 7.28. The minimum absolute atomic E-state index is 0.420. The summed E-state index contributed by atoms with van der Waals surface area (Å²) in [4.78, 5) is 19.7. The number of pyridine rings is 1.